The fourth-order valence-electron chi connectivity index (χ4n) is 3.09. The van der Waals surface area contributed by atoms with Crippen LogP contribution in [0.1, 0.15) is 39.7 Å². The first-order valence-electron chi connectivity index (χ1n) is 8.39. The molecule has 0 saturated heterocycles. The van der Waals surface area contributed by atoms with Crippen molar-refractivity contribution in [2.24, 2.45) is 5.92 Å². The quantitative estimate of drug-likeness (QED) is 0.626. The molecular weight excluding hydrogens is 358 g/mol. The molecule has 0 aromatic carbocycles. The monoisotopic (exact) mass is 379 g/mol. The lowest BCUT2D eigenvalue weighted by Gasteiger charge is -2.19. The van der Waals surface area contributed by atoms with E-state index in [2.05, 4.69) is 26.8 Å². The lowest BCUT2D eigenvalue weighted by Crippen LogP contribution is -2.27. The highest BCUT2D eigenvalue weighted by atomic mass is 35.5. The number of amides is 1. The van der Waals surface area contributed by atoms with Gasteiger partial charge in [-0.15, -0.1) is 0 Å². The van der Waals surface area contributed by atoms with Crippen LogP contribution in [0.25, 0.3) is 11.2 Å². The molecule has 26 heavy (non-hydrogen) atoms. The van der Waals surface area contributed by atoms with Gasteiger partial charge in [0.25, 0.3) is 0 Å². The van der Waals surface area contributed by atoms with Gasteiger partial charge in [-0.1, -0.05) is 18.2 Å². The van der Waals surface area contributed by atoms with Gasteiger partial charge >= 0.3 is 6.09 Å². The van der Waals surface area contributed by atoms with E-state index in [1.165, 1.54) is 0 Å². The fraction of sp³-hybridized carbons (Fsp3) is 0.529. The second-order valence-corrected chi connectivity index (χ2v) is 7.69. The summed E-state index contributed by atoms with van der Waals surface area (Å²) in [5.41, 5.74) is 1.24. The normalized spacial score (nSPS) is 20.6. The number of aliphatic hydroxyl groups excluding tert-OH is 1. The number of carbonyl (C=O) groups excluding carboxylic acids is 1. The topological polar surface area (TPSA) is 102 Å². The van der Waals surface area contributed by atoms with Gasteiger partial charge in [-0.3, -0.25) is 5.32 Å². The lowest BCUT2D eigenvalue weighted by molar-refractivity contribution is 0.0634. The van der Waals surface area contributed by atoms with Crippen molar-refractivity contribution in [3.05, 3.63) is 23.6 Å². The zero-order valence-corrected chi connectivity index (χ0v) is 15.7. The number of carbonyl (C=O) groups is 1. The molecule has 2 atom stereocenters. The van der Waals surface area contributed by atoms with Gasteiger partial charge in [-0.05, 0) is 39.2 Å². The Balaban J connectivity index is 1.92. The second-order valence-electron chi connectivity index (χ2n) is 7.34. The molecule has 9 heteroatoms. The van der Waals surface area contributed by atoms with E-state index in [0.717, 1.165) is 18.4 Å². The van der Waals surface area contributed by atoms with Crippen molar-refractivity contribution in [2.45, 2.75) is 45.3 Å². The highest BCUT2D eigenvalue weighted by Gasteiger charge is 2.31. The predicted molar refractivity (Wildman–Crippen MR) is 98.2 cm³/mol. The van der Waals surface area contributed by atoms with Crippen LogP contribution in [0.15, 0.2) is 18.5 Å². The minimum Gasteiger partial charge on any atom is -0.444 e. The Bertz CT molecular complexity index is 858. The van der Waals surface area contributed by atoms with Crippen molar-refractivity contribution >= 4 is 34.8 Å². The molecule has 2 unspecified atom stereocenters. The molecular formula is C17H22ClN5O3. The summed E-state index contributed by atoms with van der Waals surface area (Å²) >= 11 is 6.21. The van der Waals surface area contributed by atoms with Crippen LogP contribution in [0.4, 0.5) is 10.7 Å². The number of fused-ring (bicyclic) bond motifs is 1. The molecule has 0 bridgehead atoms. The molecule has 1 aliphatic rings. The molecule has 1 amide bonds. The molecule has 1 aliphatic carbocycles. The number of anilines is 1. The first-order chi connectivity index (χ1) is 12.2. The van der Waals surface area contributed by atoms with Crippen molar-refractivity contribution in [1.82, 2.24) is 19.5 Å². The number of nitrogens with zero attached hydrogens (tertiary/aromatic N) is 4. The summed E-state index contributed by atoms with van der Waals surface area (Å²) < 4.78 is 7.08. The number of halogens is 1. The molecule has 1 saturated carbocycles. The zero-order chi connectivity index (χ0) is 19.1. The number of imidazole rings is 1. The summed E-state index contributed by atoms with van der Waals surface area (Å²) in [5.74, 6) is 0.106. The van der Waals surface area contributed by atoms with Crippen LogP contribution >= 0.6 is 11.6 Å². The Morgan fingerprint density at radius 1 is 1.46 bits per heavy atom. The van der Waals surface area contributed by atoms with Gasteiger partial charge in [0.05, 0.1) is 12.4 Å². The maximum absolute atomic E-state index is 12.0. The van der Waals surface area contributed by atoms with Crippen LogP contribution in [0, 0.1) is 5.92 Å². The van der Waals surface area contributed by atoms with Gasteiger partial charge < -0.3 is 14.4 Å². The third kappa shape index (κ3) is 3.66. The van der Waals surface area contributed by atoms with Crippen LogP contribution in [0.2, 0.25) is 5.15 Å². The SMILES string of the molecule is C=C1C(CO)CCC1n1cnc2c(Cl)nc(NC(=O)OC(C)(C)C)nc21. The number of rotatable bonds is 3. The lowest BCUT2D eigenvalue weighted by atomic mass is 10.0. The molecule has 140 valence electrons. The number of hydrogen-bond acceptors (Lipinski definition) is 6. The van der Waals surface area contributed by atoms with E-state index in [1.54, 1.807) is 27.1 Å². The smallest absolute Gasteiger partial charge is 0.414 e. The number of aliphatic hydroxyl groups is 1. The van der Waals surface area contributed by atoms with Crippen LogP contribution in [0.3, 0.4) is 0 Å². The third-order valence-corrected chi connectivity index (χ3v) is 4.55. The van der Waals surface area contributed by atoms with Crippen molar-refractivity contribution in [1.29, 1.82) is 0 Å². The average Bonchev–Trinajstić information content (AvgIpc) is 3.08. The Kier molecular flexibility index (Phi) is 4.90. The third-order valence-electron chi connectivity index (χ3n) is 4.29. The van der Waals surface area contributed by atoms with Crippen LogP contribution in [0.5, 0.6) is 0 Å². The predicted octanol–water partition coefficient (Wildman–Crippen LogP) is 3.33. The summed E-state index contributed by atoms with van der Waals surface area (Å²) in [4.78, 5) is 24.7. The van der Waals surface area contributed by atoms with E-state index in [9.17, 15) is 9.90 Å². The minimum absolute atomic E-state index is 0.0301. The largest absolute Gasteiger partial charge is 0.444 e. The summed E-state index contributed by atoms with van der Waals surface area (Å²) in [7, 11) is 0. The fourth-order valence-corrected chi connectivity index (χ4v) is 3.30. The molecule has 2 aromatic heterocycles. The molecule has 0 spiro atoms. The molecule has 3 rings (SSSR count). The number of aromatic nitrogens is 4. The van der Waals surface area contributed by atoms with Crippen molar-refractivity contribution in [2.75, 3.05) is 11.9 Å². The maximum atomic E-state index is 12.0. The van der Waals surface area contributed by atoms with Gasteiger partial charge in [0, 0.05) is 12.5 Å². The van der Waals surface area contributed by atoms with Crippen LogP contribution in [-0.2, 0) is 4.74 Å². The molecule has 8 nitrogen and oxygen atoms in total. The van der Waals surface area contributed by atoms with E-state index in [0.29, 0.717) is 11.2 Å². The van der Waals surface area contributed by atoms with E-state index in [1.807, 2.05) is 4.57 Å². The number of ether oxygens (including phenoxy) is 1. The van der Waals surface area contributed by atoms with Crippen molar-refractivity contribution < 1.29 is 14.6 Å². The molecule has 2 heterocycles. The summed E-state index contributed by atoms with van der Waals surface area (Å²) in [6, 6.07) is -0.0301. The van der Waals surface area contributed by atoms with Gasteiger partial charge in [-0.25, -0.2) is 9.78 Å². The van der Waals surface area contributed by atoms with Gasteiger partial charge in [0.2, 0.25) is 5.95 Å². The number of nitrogens with one attached hydrogen (secondary N) is 1. The first kappa shape index (κ1) is 18.6. The first-order valence-corrected chi connectivity index (χ1v) is 8.77. The van der Waals surface area contributed by atoms with Gasteiger partial charge in [0.1, 0.15) is 11.1 Å². The maximum Gasteiger partial charge on any atom is 0.414 e. The average molecular weight is 380 g/mol. The minimum atomic E-state index is -0.662. The van der Waals surface area contributed by atoms with Crippen molar-refractivity contribution in [3.63, 3.8) is 0 Å². The zero-order valence-electron chi connectivity index (χ0n) is 15.0. The van der Waals surface area contributed by atoms with Crippen molar-refractivity contribution in [3.8, 4) is 0 Å². The Morgan fingerprint density at radius 3 is 2.81 bits per heavy atom. The molecule has 0 aliphatic heterocycles. The molecule has 1 fully saturated rings. The van der Waals surface area contributed by atoms with E-state index in [4.69, 9.17) is 16.3 Å². The number of hydrogen-bond donors (Lipinski definition) is 2. The summed E-state index contributed by atoms with van der Waals surface area (Å²) in [5, 5.41) is 12.1. The summed E-state index contributed by atoms with van der Waals surface area (Å²) in [6.45, 7) is 9.48. The Morgan fingerprint density at radius 2 is 2.19 bits per heavy atom. The van der Waals surface area contributed by atoms with E-state index < -0.39 is 11.7 Å². The van der Waals surface area contributed by atoms with Crippen LogP contribution in [-0.4, -0.2) is 42.9 Å². The Hall–Kier alpha value is -2.19. The molecule has 2 aromatic rings. The Labute approximate surface area is 156 Å². The van der Waals surface area contributed by atoms with E-state index >= 15 is 0 Å². The van der Waals surface area contributed by atoms with Crippen LogP contribution < -0.4 is 5.32 Å². The second kappa shape index (κ2) is 6.85. The molecule has 0 radical (unpaired) electrons. The van der Waals surface area contributed by atoms with E-state index in [-0.39, 0.29) is 29.7 Å². The summed E-state index contributed by atoms with van der Waals surface area (Å²) in [6.07, 6.45) is 2.65. The van der Waals surface area contributed by atoms with Gasteiger partial charge in [0.15, 0.2) is 10.8 Å². The highest BCUT2D eigenvalue weighted by Crippen LogP contribution is 2.40. The highest BCUT2D eigenvalue weighted by molar-refractivity contribution is 6.33. The van der Waals surface area contributed by atoms with Gasteiger partial charge in [-0.2, -0.15) is 9.97 Å². The molecule has 2 N–H and O–H groups in total. The standard InChI is InChI=1S/C17H22ClN5O3/c1-9-10(7-24)5-6-11(9)23-8-19-12-13(18)20-15(21-14(12)23)22-16(25)26-17(2,3)4/h8,10-11,24H,1,5-7H2,2-4H3,(H,20,21,22,25).